The highest BCUT2D eigenvalue weighted by atomic mass is 16.6. The summed E-state index contributed by atoms with van der Waals surface area (Å²) in [4.78, 5) is 27.3. The van der Waals surface area contributed by atoms with Gasteiger partial charge in [0.05, 0.1) is 25.9 Å². The monoisotopic (exact) mass is 489 g/mol. The minimum Gasteiger partial charge on any atom is -0.508 e. The number of carbonyl (C=O) groups is 2. The standard InChI is InChI=1S/C29H31NO6/c1-17-26(29(33)36-21-10-12-35-13-11-21)27(18-6-5-7-20(31)14-18)28-23(30-17)15-19(16-24(28)32)22-8-3-4-9-25(22)34-2/h3-9,14,19,21,27,30-31H,10-13,15-16H2,1-2H3/t19-,27+/m1/s1. The number of nitrogens with one attached hydrogen (secondary N) is 1. The first-order valence-electron chi connectivity index (χ1n) is 12.4. The molecule has 0 saturated carbocycles. The van der Waals surface area contributed by atoms with Crippen molar-refractivity contribution < 1.29 is 28.9 Å². The summed E-state index contributed by atoms with van der Waals surface area (Å²) in [7, 11) is 1.63. The highest BCUT2D eigenvalue weighted by Gasteiger charge is 2.42. The Hall–Kier alpha value is -3.58. The second-order valence-electron chi connectivity index (χ2n) is 9.57. The molecule has 7 heteroatoms. The highest BCUT2D eigenvalue weighted by molar-refractivity contribution is 6.04. The van der Waals surface area contributed by atoms with E-state index in [1.165, 1.54) is 0 Å². The number of methoxy groups -OCH3 is 1. The maximum Gasteiger partial charge on any atom is 0.337 e. The van der Waals surface area contributed by atoms with Crippen LogP contribution >= 0.6 is 0 Å². The molecule has 1 aliphatic carbocycles. The Bertz CT molecular complexity index is 1240. The minimum absolute atomic E-state index is 0.0307. The van der Waals surface area contributed by atoms with Crippen LogP contribution in [0.3, 0.4) is 0 Å². The van der Waals surface area contributed by atoms with E-state index >= 15 is 0 Å². The fourth-order valence-corrected chi connectivity index (χ4v) is 5.58. The van der Waals surface area contributed by atoms with Crippen LogP contribution in [0.25, 0.3) is 0 Å². The lowest BCUT2D eigenvalue weighted by Gasteiger charge is -2.37. The van der Waals surface area contributed by atoms with Gasteiger partial charge in [-0.3, -0.25) is 4.79 Å². The zero-order chi connectivity index (χ0) is 25.2. The second kappa shape index (κ2) is 10.2. The molecule has 2 N–H and O–H groups in total. The van der Waals surface area contributed by atoms with Gasteiger partial charge >= 0.3 is 5.97 Å². The molecule has 2 aromatic rings. The first kappa shape index (κ1) is 24.1. The van der Waals surface area contributed by atoms with Crippen LogP contribution in [0.5, 0.6) is 11.5 Å². The molecule has 36 heavy (non-hydrogen) atoms. The number of ether oxygens (including phenoxy) is 3. The second-order valence-corrected chi connectivity index (χ2v) is 9.57. The van der Waals surface area contributed by atoms with Crippen LogP contribution in [0, 0.1) is 0 Å². The van der Waals surface area contributed by atoms with Crippen molar-refractivity contribution >= 4 is 11.8 Å². The summed E-state index contributed by atoms with van der Waals surface area (Å²) in [5, 5.41) is 13.6. The number of ketones is 1. The topological polar surface area (TPSA) is 94.1 Å². The molecular formula is C29H31NO6. The molecule has 0 bridgehead atoms. The number of benzene rings is 2. The van der Waals surface area contributed by atoms with Gasteiger partial charge in [0.2, 0.25) is 0 Å². The van der Waals surface area contributed by atoms with Gasteiger partial charge in [0.15, 0.2) is 5.78 Å². The molecule has 188 valence electrons. The number of rotatable bonds is 5. The number of esters is 1. The molecule has 0 unspecified atom stereocenters. The van der Waals surface area contributed by atoms with Crippen molar-refractivity contribution in [3.63, 3.8) is 0 Å². The van der Waals surface area contributed by atoms with Gasteiger partial charge < -0.3 is 24.6 Å². The summed E-state index contributed by atoms with van der Waals surface area (Å²) in [6.07, 6.45) is 1.99. The van der Waals surface area contributed by atoms with E-state index in [2.05, 4.69) is 5.32 Å². The Morgan fingerprint density at radius 3 is 2.61 bits per heavy atom. The maximum absolute atomic E-state index is 13.8. The predicted octanol–water partition coefficient (Wildman–Crippen LogP) is 4.48. The van der Waals surface area contributed by atoms with Crippen LogP contribution in [0.2, 0.25) is 0 Å². The first-order chi connectivity index (χ1) is 17.5. The molecule has 1 fully saturated rings. The van der Waals surface area contributed by atoms with Crippen LogP contribution in [-0.4, -0.2) is 43.3 Å². The van der Waals surface area contributed by atoms with E-state index in [0.29, 0.717) is 61.3 Å². The molecule has 0 spiro atoms. The average Bonchev–Trinajstić information content (AvgIpc) is 2.88. The van der Waals surface area contributed by atoms with Crippen molar-refractivity contribution in [1.82, 2.24) is 5.32 Å². The lowest BCUT2D eigenvalue weighted by atomic mass is 9.71. The summed E-state index contributed by atoms with van der Waals surface area (Å²) in [5.41, 5.74) is 4.11. The summed E-state index contributed by atoms with van der Waals surface area (Å²) in [6, 6.07) is 14.5. The van der Waals surface area contributed by atoms with Gasteiger partial charge in [-0.15, -0.1) is 0 Å². The molecular weight excluding hydrogens is 458 g/mol. The van der Waals surface area contributed by atoms with E-state index in [1.54, 1.807) is 25.3 Å². The lowest BCUT2D eigenvalue weighted by Crippen LogP contribution is -2.37. The highest BCUT2D eigenvalue weighted by Crippen LogP contribution is 2.47. The average molecular weight is 490 g/mol. The number of hydrogen-bond donors (Lipinski definition) is 2. The number of phenols is 1. The molecule has 2 aromatic carbocycles. The minimum atomic E-state index is -0.619. The van der Waals surface area contributed by atoms with Gasteiger partial charge in [0.1, 0.15) is 17.6 Å². The normalized spacial score (nSPS) is 22.7. The third-order valence-corrected chi connectivity index (χ3v) is 7.27. The number of para-hydroxylation sites is 1. The van der Waals surface area contributed by atoms with Crippen molar-refractivity contribution in [2.45, 2.75) is 50.5 Å². The molecule has 2 aliphatic heterocycles. The summed E-state index contributed by atoms with van der Waals surface area (Å²) < 4.78 is 16.8. The first-order valence-corrected chi connectivity index (χ1v) is 12.4. The van der Waals surface area contributed by atoms with E-state index in [1.807, 2.05) is 37.3 Å². The molecule has 0 aromatic heterocycles. The smallest absolute Gasteiger partial charge is 0.337 e. The lowest BCUT2D eigenvalue weighted by molar-refractivity contribution is -0.148. The van der Waals surface area contributed by atoms with Crippen molar-refractivity contribution in [2.75, 3.05) is 20.3 Å². The van der Waals surface area contributed by atoms with E-state index < -0.39 is 11.9 Å². The number of hydrogen-bond acceptors (Lipinski definition) is 7. The van der Waals surface area contributed by atoms with Crippen molar-refractivity contribution in [2.24, 2.45) is 0 Å². The number of dihydropyridines is 1. The van der Waals surface area contributed by atoms with Gasteiger partial charge in [0.25, 0.3) is 0 Å². The Morgan fingerprint density at radius 1 is 1.08 bits per heavy atom. The third kappa shape index (κ3) is 4.63. The van der Waals surface area contributed by atoms with Crippen molar-refractivity contribution in [3.05, 3.63) is 82.2 Å². The van der Waals surface area contributed by atoms with Gasteiger partial charge in [0, 0.05) is 48.1 Å². The molecule has 5 rings (SSSR count). The van der Waals surface area contributed by atoms with Crippen LogP contribution in [-0.2, 0) is 19.1 Å². The van der Waals surface area contributed by atoms with E-state index in [4.69, 9.17) is 14.2 Å². The fourth-order valence-electron chi connectivity index (χ4n) is 5.58. The molecule has 2 heterocycles. The van der Waals surface area contributed by atoms with Crippen molar-refractivity contribution in [3.8, 4) is 11.5 Å². The summed E-state index contributed by atoms with van der Waals surface area (Å²) in [6.45, 7) is 2.96. The number of allylic oxidation sites excluding steroid dienone is 3. The Balaban J connectivity index is 1.54. The molecule has 1 saturated heterocycles. The van der Waals surface area contributed by atoms with Crippen LogP contribution in [0.1, 0.15) is 55.6 Å². The number of Topliss-reactive ketones (excluding diaryl/α,β-unsaturated/α-hetero) is 1. The number of aromatic hydroxyl groups is 1. The van der Waals surface area contributed by atoms with Gasteiger partial charge in [-0.2, -0.15) is 0 Å². The van der Waals surface area contributed by atoms with Gasteiger partial charge in [-0.1, -0.05) is 30.3 Å². The largest absolute Gasteiger partial charge is 0.508 e. The Kier molecular flexibility index (Phi) is 6.83. The van der Waals surface area contributed by atoms with E-state index in [9.17, 15) is 14.7 Å². The summed E-state index contributed by atoms with van der Waals surface area (Å²) in [5.74, 6) is -0.297. The zero-order valence-corrected chi connectivity index (χ0v) is 20.6. The maximum atomic E-state index is 13.8. The van der Waals surface area contributed by atoms with Gasteiger partial charge in [-0.05, 0) is 42.7 Å². The molecule has 3 aliphatic rings. The molecule has 2 atom stereocenters. The van der Waals surface area contributed by atoms with Crippen LogP contribution in [0.15, 0.2) is 71.1 Å². The molecule has 0 radical (unpaired) electrons. The Morgan fingerprint density at radius 2 is 1.86 bits per heavy atom. The fraction of sp³-hybridized carbons (Fsp3) is 0.379. The zero-order valence-electron chi connectivity index (χ0n) is 20.6. The third-order valence-electron chi connectivity index (χ3n) is 7.27. The predicted molar refractivity (Wildman–Crippen MR) is 134 cm³/mol. The molecule has 0 amide bonds. The van der Waals surface area contributed by atoms with E-state index in [-0.39, 0.29) is 23.6 Å². The summed E-state index contributed by atoms with van der Waals surface area (Å²) >= 11 is 0. The SMILES string of the molecule is COc1ccccc1[C@H]1CC(=O)C2=C(C1)NC(C)=C(C(=O)OC1CCOCC1)[C@@H]2c1cccc(O)c1. The Labute approximate surface area is 210 Å². The quantitative estimate of drug-likeness (QED) is 0.598. The molecule has 7 nitrogen and oxygen atoms in total. The van der Waals surface area contributed by atoms with Crippen molar-refractivity contribution in [1.29, 1.82) is 0 Å². The number of phenolic OH excluding ortho intramolecular Hbond substituents is 1. The van der Waals surface area contributed by atoms with Crippen LogP contribution < -0.4 is 10.1 Å². The van der Waals surface area contributed by atoms with E-state index in [0.717, 1.165) is 17.0 Å². The van der Waals surface area contributed by atoms with Crippen LogP contribution in [0.4, 0.5) is 0 Å². The number of carbonyl (C=O) groups excluding carboxylic acids is 2. The van der Waals surface area contributed by atoms with Gasteiger partial charge in [-0.25, -0.2) is 4.79 Å².